The summed E-state index contributed by atoms with van der Waals surface area (Å²) in [5.74, 6) is 0. The van der Waals surface area contributed by atoms with Crippen molar-refractivity contribution in [3.63, 3.8) is 0 Å². The molecule has 1 saturated carbocycles. The molecule has 1 aromatic carbocycles. The molecule has 19 heteroatoms. The van der Waals surface area contributed by atoms with Crippen LogP contribution in [0.2, 0.25) is 0 Å². The van der Waals surface area contributed by atoms with Crippen LogP contribution in [0, 0.1) is 0 Å². The Balaban J connectivity index is 1.27. The molecule has 14 unspecified atom stereocenters. The smallest absolute Gasteiger partial charge is 0.187 e. The van der Waals surface area contributed by atoms with Crippen LogP contribution in [0.5, 0.6) is 0 Å². The summed E-state index contributed by atoms with van der Waals surface area (Å²) in [6.45, 7) is -0.726. The third-order valence-corrected chi connectivity index (χ3v) is 9.53. The maximum atomic E-state index is 11.2. The lowest BCUT2D eigenvalue weighted by atomic mass is 9.84. The Hall–Kier alpha value is -1.54. The van der Waals surface area contributed by atoms with Gasteiger partial charge in [-0.1, -0.05) is 30.3 Å². The molecule has 0 bridgehead atoms. The SMILES string of the molecule is NCC1O[C@H](OC2C(O)C(OC3C(O)[C@H](N)CC(N)[C@H]3OC3OC(COCc4ccccc4)C(O)C(O)C3N)O[C@@H]2CO)C(N)C(O)[C@@H]1O. The summed E-state index contributed by atoms with van der Waals surface area (Å²) in [5, 5.41) is 74.4. The molecule has 0 radical (unpaired) electrons. The summed E-state index contributed by atoms with van der Waals surface area (Å²) in [4.78, 5) is 0. The van der Waals surface area contributed by atoms with Gasteiger partial charge >= 0.3 is 0 Å². The van der Waals surface area contributed by atoms with Gasteiger partial charge in [0.1, 0.15) is 67.1 Å². The predicted octanol–water partition coefficient (Wildman–Crippen LogP) is -6.64. The minimum absolute atomic E-state index is 0.0783. The van der Waals surface area contributed by atoms with Crippen molar-refractivity contribution < 1.29 is 68.9 Å². The Morgan fingerprint density at radius 3 is 1.78 bits per heavy atom. The molecule has 0 amide bonds. The van der Waals surface area contributed by atoms with Gasteiger partial charge in [0.15, 0.2) is 18.9 Å². The van der Waals surface area contributed by atoms with Gasteiger partial charge in [0, 0.05) is 18.6 Å². The Kier molecular flexibility index (Phi) is 13.3. The molecular formula is C30H51N5O14. The highest BCUT2D eigenvalue weighted by molar-refractivity contribution is 5.13. The number of nitrogens with two attached hydrogens (primary N) is 5. The zero-order valence-corrected chi connectivity index (χ0v) is 26.8. The van der Waals surface area contributed by atoms with E-state index in [0.717, 1.165) is 5.56 Å². The normalized spacial score (nSPS) is 47.7. The molecular weight excluding hydrogens is 654 g/mol. The zero-order chi connectivity index (χ0) is 35.6. The monoisotopic (exact) mass is 705 g/mol. The van der Waals surface area contributed by atoms with Crippen molar-refractivity contribution in [1.82, 2.24) is 0 Å². The summed E-state index contributed by atoms with van der Waals surface area (Å²) in [7, 11) is 0. The van der Waals surface area contributed by atoms with Crippen LogP contribution in [0.25, 0.3) is 0 Å². The second-order valence-electron chi connectivity index (χ2n) is 13.0. The third kappa shape index (κ3) is 8.42. The van der Waals surface area contributed by atoms with Gasteiger partial charge < -0.3 is 97.6 Å². The fraction of sp³-hybridized carbons (Fsp3) is 0.800. The van der Waals surface area contributed by atoms with Gasteiger partial charge in [-0.05, 0) is 12.0 Å². The summed E-state index contributed by atoms with van der Waals surface area (Å²) >= 11 is 0. The fourth-order valence-corrected chi connectivity index (χ4v) is 6.55. The molecule has 3 saturated heterocycles. The molecule has 17 N–H and O–H groups in total. The van der Waals surface area contributed by atoms with Crippen LogP contribution in [0.4, 0.5) is 0 Å². The largest absolute Gasteiger partial charge is 0.394 e. The van der Waals surface area contributed by atoms with Gasteiger partial charge in [-0.25, -0.2) is 0 Å². The molecule has 5 rings (SSSR count). The minimum atomic E-state index is -1.62. The van der Waals surface area contributed by atoms with Crippen LogP contribution < -0.4 is 28.7 Å². The average molecular weight is 706 g/mol. The first kappa shape index (κ1) is 38.7. The van der Waals surface area contributed by atoms with E-state index in [1.54, 1.807) is 0 Å². The van der Waals surface area contributed by atoms with Crippen LogP contribution in [0.3, 0.4) is 0 Å². The van der Waals surface area contributed by atoms with Crippen molar-refractivity contribution in [3.05, 3.63) is 35.9 Å². The zero-order valence-electron chi connectivity index (χ0n) is 26.8. The van der Waals surface area contributed by atoms with Gasteiger partial charge in [0.05, 0.1) is 38.0 Å². The predicted molar refractivity (Wildman–Crippen MR) is 165 cm³/mol. The van der Waals surface area contributed by atoms with E-state index >= 15 is 0 Å². The van der Waals surface area contributed by atoms with Crippen molar-refractivity contribution in [1.29, 1.82) is 0 Å². The Morgan fingerprint density at radius 1 is 0.612 bits per heavy atom. The van der Waals surface area contributed by atoms with E-state index in [1.165, 1.54) is 0 Å². The highest BCUT2D eigenvalue weighted by atomic mass is 16.8. The summed E-state index contributed by atoms with van der Waals surface area (Å²) in [6.07, 6.45) is -20.1. The first-order valence-corrected chi connectivity index (χ1v) is 16.3. The van der Waals surface area contributed by atoms with E-state index in [2.05, 4.69) is 0 Å². The van der Waals surface area contributed by atoms with Crippen molar-refractivity contribution in [3.8, 4) is 0 Å². The standard InChI is InChI=1S/C30H51N5O14/c31-7-14-20(38)22(40)17(34)28(44-14)48-26-15(8-36)45-30(24(26)42)49-27-19(37)12(32)6-13(33)25(27)47-29-18(35)23(41)21(39)16(46-29)10-43-9-11-4-2-1-3-5-11/h1-5,12-30,36-42H,6-10,31-35H2/t12-,13?,14?,15-,16?,17?,18?,19?,20-,21?,22?,23?,24?,25-,26?,27?,28-,29?,30?/m1/s1. The molecule has 0 aromatic heterocycles. The van der Waals surface area contributed by atoms with Crippen LogP contribution in [0.15, 0.2) is 30.3 Å². The summed E-state index contributed by atoms with van der Waals surface area (Å²) in [6, 6.07) is 5.04. The number of aliphatic hydroxyl groups is 7. The van der Waals surface area contributed by atoms with Crippen molar-refractivity contribution in [2.45, 2.75) is 129 Å². The Labute approximate surface area is 282 Å². The second-order valence-corrected chi connectivity index (χ2v) is 13.0. The van der Waals surface area contributed by atoms with Crippen LogP contribution in [-0.2, 0) is 39.8 Å². The number of ether oxygens (including phenoxy) is 7. The van der Waals surface area contributed by atoms with Crippen molar-refractivity contribution in [2.24, 2.45) is 28.7 Å². The molecule has 1 aliphatic carbocycles. The van der Waals surface area contributed by atoms with E-state index in [-0.39, 0.29) is 26.2 Å². The molecule has 19 atom stereocenters. The van der Waals surface area contributed by atoms with Crippen molar-refractivity contribution in [2.75, 3.05) is 19.8 Å². The molecule has 280 valence electrons. The number of aliphatic hydroxyl groups excluding tert-OH is 7. The third-order valence-electron chi connectivity index (χ3n) is 9.53. The van der Waals surface area contributed by atoms with E-state index < -0.39 is 123 Å². The van der Waals surface area contributed by atoms with E-state index in [4.69, 9.17) is 61.8 Å². The second kappa shape index (κ2) is 16.9. The Bertz CT molecular complexity index is 1170. The molecule has 49 heavy (non-hydrogen) atoms. The number of hydrogen-bond donors (Lipinski definition) is 12. The molecule has 0 spiro atoms. The van der Waals surface area contributed by atoms with Crippen LogP contribution >= 0.6 is 0 Å². The van der Waals surface area contributed by atoms with Gasteiger partial charge in [-0.15, -0.1) is 0 Å². The van der Waals surface area contributed by atoms with Gasteiger partial charge in [-0.2, -0.15) is 0 Å². The quantitative estimate of drug-likeness (QED) is 0.0961. The lowest BCUT2D eigenvalue weighted by molar-refractivity contribution is -0.312. The number of hydrogen-bond acceptors (Lipinski definition) is 19. The van der Waals surface area contributed by atoms with E-state index in [1.807, 2.05) is 30.3 Å². The average Bonchev–Trinajstić information content (AvgIpc) is 3.39. The fourth-order valence-electron chi connectivity index (χ4n) is 6.55. The number of rotatable bonds is 12. The first-order valence-electron chi connectivity index (χ1n) is 16.3. The number of benzene rings is 1. The molecule has 19 nitrogen and oxygen atoms in total. The molecule has 4 fully saturated rings. The topological polar surface area (TPSA) is 336 Å². The van der Waals surface area contributed by atoms with E-state index in [0.29, 0.717) is 0 Å². The minimum Gasteiger partial charge on any atom is -0.394 e. The first-order chi connectivity index (χ1) is 23.4. The summed E-state index contributed by atoms with van der Waals surface area (Å²) < 4.78 is 41.1. The molecule has 1 aromatic rings. The Morgan fingerprint density at radius 2 is 1.16 bits per heavy atom. The molecule has 4 aliphatic rings. The molecule has 3 heterocycles. The van der Waals surface area contributed by atoms with E-state index in [9.17, 15) is 35.7 Å². The highest BCUT2D eigenvalue weighted by Crippen LogP contribution is 2.34. The molecule has 3 aliphatic heterocycles. The van der Waals surface area contributed by atoms with Crippen LogP contribution in [0.1, 0.15) is 12.0 Å². The van der Waals surface area contributed by atoms with Gasteiger partial charge in [-0.3, -0.25) is 0 Å². The lowest BCUT2D eigenvalue weighted by Crippen LogP contribution is -2.68. The van der Waals surface area contributed by atoms with Crippen molar-refractivity contribution >= 4 is 0 Å². The maximum absolute atomic E-state index is 11.2. The van der Waals surface area contributed by atoms with Gasteiger partial charge in [0.25, 0.3) is 0 Å². The van der Waals surface area contributed by atoms with Crippen LogP contribution in [-0.4, -0.2) is 172 Å². The summed E-state index contributed by atoms with van der Waals surface area (Å²) in [5.41, 5.74) is 31.3. The van der Waals surface area contributed by atoms with Gasteiger partial charge in [0.2, 0.25) is 0 Å². The highest BCUT2D eigenvalue weighted by Gasteiger charge is 2.54. The maximum Gasteiger partial charge on any atom is 0.187 e. The lowest BCUT2D eigenvalue weighted by Gasteiger charge is -2.47.